The molecule has 0 saturated heterocycles. The van der Waals surface area contributed by atoms with Crippen molar-refractivity contribution in [2.75, 3.05) is 13.1 Å². The molecule has 1 saturated carbocycles. The Morgan fingerprint density at radius 3 is 2.50 bits per heavy atom. The van der Waals surface area contributed by atoms with Gasteiger partial charge in [-0.1, -0.05) is 18.6 Å². The number of amides is 1. The van der Waals surface area contributed by atoms with Gasteiger partial charge in [0.25, 0.3) is 5.91 Å². The standard InChI is InChI=1S/C16H24N4O.HI/c1-2-18-15(21)14-8-6-13(7-9-14)11-20-16(17)19-10-12-4-3-5-12;/h6-9,12H,2-5,10-11H2,1H3,(H,18,21)(H3,17,19,20);1H. The Kier molecular flexibility index (Phi) is 8.22. The van der Waals surface area contributed by atoms with Crippen LogP contribution in [0, 0.1) is 5.92 Å². The lowest BCUT2D eigenvalue weighted by atomic mass is 9.85. The number of aliphatic imine (C=N–C) groups is 1. The minimum Gasteiger partial charge on any atom is -0.370 e. The van der Waals surface area contributed by atoms with E-state index < -0.39 is 0 Å². The first-order valence-electron chi connectivity index (χ1n) is 7.60. The van der Waals surface area contributed by atoms with Crippen molar-refractivity contribution in [1.29, 1.82) is 0 Å². The molecule has 0 aromatic heterocycles. The SMILES string of the molecule is CCNC(=O)c1ccc(CN=C(N)NCC2CCC2)cc1.I. The molecule has 5 nitrogen and oxygen atoms in total. The van der Waals surface area contributed by atoms with Gasteiger partial charge < -0.3 is 16.4 Å². The van der Waals surface area contributed by atoms with Crippen molar-refractivity contribution in [3.8, 4) is 0 Å². The van der Waals surface area contributed by atoms with Gasteiger partial charge in [-0.25, -0.2) is 4.99 Å². The zero-order valence-corrected chi connectivity index (χ0v) is 15.3. The van der Waals surface area contributed by atoms with Gasteiger partial charge in [0, 0.05) is 18.7 Å². The van der Waals surface area contributed by atoms with Gasteiger partial charge >= 0.3 is 0 Å². The summed E-state index contributed by atoms with van der Waals surface area (Å²) in [6.45, 7) is 3.99. The van der Waals surface area contributed by atoms with Crippen LogP contribution in [0.5, 0.6) is 0 Å². The van der Waals surface area contributed by atoms with Gasteiger partial charge in [-0.05, 0) is 43.4 Å². The van der Waals surface area contributed by atoms with Gasteiger partial charge in [0.2, 0.25) is 0 Å². The summed E-state index contributed by atoms with van der Waals surface area (Å²) in [5, 5.41) is 5.94. The molecule has 1 aromatic rings. The number of carbonyl (C=O) groups excluding carboxylic acids is 1. The van der Waals surface area contributed by atoms with Crippen LogP contribution in [0.15, 0.2) is 29.3 Å². The highest BCUT2D eigenvalue weighted by Crippen LogP contribution is 2.24. The summed E-state index contributed by atoms with van der Waals surface area (Å²) < 4.78 is 0. The van der Waals surface area contributed by atoms with E-state index in [9.17, 15) is 4.79 Å². The van der Waals surface area contributed by atoms with Crippen LogP contribution in [-0.2, 0) is 6.54 Å². The normalized spacial score (nSPS) is 14.7. The van der Waals surface area contributed by atoms with E-state index in [1.54, 1.807) is 0 Å². The number of nitrogens with zero attached hydrogens (tertiary/aromatic N) is 1. The molecule has 0 aliphatic heterocycles. The van der Waals surface area contributed by atoms with Crippen molar-refractivity contribution in [3.63, 3.8) is 0 Å². The van der Waals surface area contributed by atoms with Crippen LogP contribution >= 0.6 is 24.0 Å². The molecule has 122 valence electrons. The Balaban J connectivity index is 0.00000242. The molecule has 1 aromatic carbocycles. The summed E-state index contributed by atoms with van der Waals surface area (Å²) in [5.74, 6) is 1.21. The van der Waals surface area contributed by atoms with Gasteiger partial charge in [0.05, 0.1) is 6.54 Å². The Labute approximate surface area is 149 Å². The number of carbonyl (C=O) groups is 1. The van der Waals surface area contributed by atoms with Crippen molar-refractivity contribution in [1.82, 2.24) is 10.6 Å². The lowest BCUT2D eigenvalue weighted by Gasteiger charge is -2.25. The highest BCUT2D eigenvalue weighted by atomic mass is 127. The van der Waals surface area contributed by atoms with Crippen LogP contribution in [0.3, 0.4) is 0 Å². The largest absolute Gasteiger partial charge is 0.370 e. The Hall–Kier alpha value is -1.31. The Bertz CT molecular complexity index is 497. The third kappa shape index (κ3) is 5.82. The molecular formula is C16H25IN4O. The molecule has 1 aliphatic rings. The van der Waals surface area contributed by atoms with Crippen molar-refractivity contribution in [3.05, 3.63) is 35.4 Å². The molecule has 0 bridgehead atoms. The van der Waals surface area contributed by atoms with Crippen molar-refractivity contribution >= 4 is 35.8 Å². The minimum atomic E-state index is -0.0470. The van der Waals surface area contributed by atoms with Crippen LogP contribution in [0.2, 0.25) is 0 Å². The predicted molar refractivity (Wildman–Crippen MR) is 101 cm³/mol. The fraction of sp³-hybridized carbons (Fsp3) is 0.500. The van der Waals surface area contributed by atoms with Gasteiger partial charge in [-0.3, -0.25) is 4.79 Å². The minimum absolute atomic E-state index is 0. The molecule has 22 heavy (non-hydrogen) atoms. The molecular weight excluding hydrogens is 391 g/mol. The molecule has 0 spiro atoms. The third-order valence-electron chi connectivity index (χ3n) is 3.78. The van der Waals surface area contributed by atoms with Crippen LogP contribution < -0.4 is 16.4 Å². The summed E-state index contributed by atoms with van der Waals surface area (Å²) in [7, 11) is 0. The number of nitrogens with one attached hydrogen (secondary N) is 2. The van der Waals surface area contributed by atoms with Crippen molar-refractivity contribution < 1.29 is 4.79 Å². The molecule has 2 rings (SSSR count). The maximum absolute atomic E-state index is 11.6. The van der Waals surface area contributed by atoms with Crippen LogP contribution in [0.4, 0.5) is 0 Å². The monoisotopic (exact) mass is 416 g/mol. The van der Waals surface area contributed by atoms with E-state index in [-0.39, 0.29) is 29.9 Å². The number of nitrogens with two attached hydrogens (primary N) is 1. The lowest BCUT2D eigenvalue weighted by molar-refractivity contribution is 0.0956. The highest BCUT2D eigenvalue weighted by Gasteiger charge is 2.16. The molecule has 1 amide bonds. The fourth-order valence-electron chi connectivity index (χ4n) is 2.20. The molecule has 6 heteroatoms. The molecule has 0 unspecified atom stereocenters. The number of benzene rings is 1. The van der Waals surface area contributed by atoms with E-state index in [2.05, 4.69) is 15.6 Å². The summed E-state index contributed by atoms with van der Waals surface area (Å²) in [6, 6.07) is 7.45. The number of hydrogen-bond donors (Lipinski definition) is 3. The summed E-state index contributed by atoms with van der Waals surface area (Å²) in [5.41, 5.74) is 7.55. The maximum atomic E-state index is 11.6. The molecule has 4 N–H and O–H groups in total. The summed E-state index contributed by atoms with van der Waals surface area (Å²) in [4.78, 5) is 16.0. The molecule has 1 fully saturated rings. The average molecular weight is 416 g/mol. The molecule has 1 aliphatic carbocycles. The van der Waals surface area contributed by atoms with E-state index in [1.807, 2.05) is 31.2 Å². The Morgan fingerprint density at radius 2 is 1.95 bits per heavy atom. The average Bonchev–Trinajstić information content (AvgIpc) is 2.44. The van der Waals surface area contributed by atoms with Gasteiger partial charge in [0.1, 0.15) is 0 Å². The highest BCUT2D eigenvalue weighted by molar-refractivity contribution is 14.0. The predicted octanol–water partition coefficient (Wildman–Crippen LogP) is 2.26. The second-order valence-electron chi connectivity index (χ2n) is 5.44. The third-order valence-corrected chi connectivity index (χ3v) is 3.78. The molecule has 0 atom stereocenters. The van der Waals surface area contributed by atoms with Crippen LogP contribution in [0.25, 0.3) is 0 Å². The van der Waals surface area contributed by atoms with Gasteiger partial charge in [-0.2, -0.15) is 0 Å². The van der Waals surface area contributed by atoms with E-state index in [4.69, 9.17) is 5.73 Å². The Morgan fingerprint density at radius 1 is 1.27 bits per heavy atom. The fourth-order valence-corrected chi connectivity index (χ4v) is 2.20. The summed E-state index contributed by atoms with van der Waals surface area (Å²) in [6.07, 6.45) is 3.92. The molecule has 0 heterocycles. The lowest BCUT2D eigenvalue weighted by Crippen LogP contribution is -2.37. The van der Waals surface area contributed by atoms with E-state index in [0.717, 1.165) is 18.0 Å². The maximum Gasteiger partial charge on any atom is 0.251 e. The second kappa shape index (κ2) is 9.66. The van der Waals surface area contributed by atoms with Crippen LogP contribution in [-0.4, -0.2) is 25.0 Å². The topological polar surface area (TPSA) is 79.5 Å². The number of hydrogen-bond acceptors (Lipinski definition) is 2. The van der Waals surface area contributed by atoms with Crippen molar-refractivity contribution in [2.24, 2.45) is 16.6 Å². The first-order chi connectivity index (χ1) is 10.2. The smallest absolute Gasteiger partial charge is 0.251 e. The van der Waals surface area contributed by atoms with E-state index in [1.165, 1.54) is 19.3 Å². The first kappa shape index (κ1) is 18.7. The summed E-state index contributed by atoms with van der Waals surface area (Å²) >= 11 is 0. The van der Waals surface area contributed by atoms with Gasteiger partial charge in [0.15, 0.2) is 5.96 Å². The van der Waals surface area contributed by atoms with Gasteiger partial charge in [-0.15, -0.1) is 24.0 Å². The number of halogens is 1. The van der Waals surface area contributed by atoms with E-state index >= 15 is 0 Å². The van der Waals surface area contributed by atoms with E-state index in [0.29, 0.717) is 24.6 Å². The first-order valence-corrected chi connectivity index (χ1v) is 7.60. The van der Waals surface area contributed by atoms with Crippen LogP contribution in [0.1, 0.15) is 42.1 Å². The molecule has 0 radical (unpaired) electrons. The quantitative estimate of drug-likeness (QED) is 0.378. The zero-order valence-electron chi connectivity index (χ0n) is 13.0. The number of guanidine groups is 1. The second-order valence-corrected chi connectivity index (χ2v) is 5.44. The van der Waals surface area contributed by atoms with Crippen molar-refractivity contribution in [2.45, 2.75) is 32.7 Å². The number of rotatable bonds is 6. The zero-order chi connectivity index (χ0) is 15.1.